The molecule has 0 spiro atoms. The average molecular weight is 335 g/mol. The van der Waals surface area contributed by atoms with Gasteiger partial charge >= 0.3 is 0 Å². The van der Waals surface area contributed by atoms with Crippen molar-refractivity contribution in [3.63, 3.8) is 0 Å². The molecule has 1 amide bonds. The van der Waals surface area contributed by atoms with E-state index < -0.39 is 5.60 Å². The summed E-state index contributed by atoms with van der Waals surface area (Å²) in [6.45, 7) is 7.76. The smallest absolute Gasteiger partial charge is 0.252 e. The van der Waals surface area contributed by atoms with E-state index in [0.29, 0.717) is 39.2 Å². The molecule has 1 aliphatic heterocycles. The van der Waals surface area contributed by atoms with Crippen LogP contribution in [0.5, 0.6) is 0 Å². The summed E-state index contributed by atoms with van der Waals surface area (Å²) in [5.74, 6) is -0.379. The van der Waals surface area contributed by atoms with E-state index >= 15 is 0 Å². The number of hydrogen-bond donors (Lipinski definition) is 2. The van der Waals surface area contributed by atoms with Gasteiger partial charge in [-0.15, -0.1) is 0 Å². The normalized spacial score (nSPS) is 18.4. The number of benzene rings is 1. The van der Waals surface area contributed by atoms with Crippen molar-refractivity contribution in [1.82, 2.24) is 5.32 Å². The van der Waals surface area contributed by atoms with Crippen molar-refractivity contribution in [2.45, 2.75) is 58.5 Å². The fourth-order valence-corrected chi connectivity index (χ4v) is 2.90. The Morgan fingerprint density at radius 2 is 2.04 bits per heavy atom. The summed E-state index contributed by atoms with van der Waals surface area (Å²) < 4.78 is 10.9. The van der Waals surface area contributed by atoms with Gasteiger partial charge in [0.15, 0.2) is 0 Å². The van der Waals surface area contributed by atoms with Crippen LogP contribution in [-0.4, -0.2) is 35.9 Å². The summed E-state index contributed by atoms with van der Waals surface area (Å²) in [5.41, 5.74) is 0.713. The number of amides is 1. The fraction of sp³-hybridized carbons (Fsp3) is 0.632. The molecule has 24 heavy (non-hydrogen) atoms. The van der Waals surface area contributed by atoms with Crippen molar-refractivity contribution in [2.75, 3.05) is 13.2 Å². The van der Waals surface area contributed by atoms with Crippen molar-refractivity contribution in [1.29, 1.82) is 0 Å². The predicted molar refractivity (Wildman–Crippen MR) is 92.4 cm³/mol. The number of carbonyl (C=O) groups is 1. The lowest BCUT2D eigenvalue weighted by Gasteiger charge is -2.34. The SMILES string of the molecule is CC(C)OCc1cccc(CNC(=O)C(C)(O)C2CCOCC2)c1. The Morgan fingerprint density at radius 1 is 1.38 bits per heavy atom. The molecule has 1 aromatic carbocycles. The number of nitrogens with one attached hydrogen (secondary N) is 1. The molecule has 1 unspecified atom stereocenters. The van der Waals surface area contributed by atoms with Crippen molar-refractivity contribution >= 4 is 5.91 Å². The van der Waals surface area contributed by atoms with Gasteiger partial charge in [0, 0.05) is 25.7 Å². The molecule has 5 heteroatoms. The van der Waals surface area contributed by atoms with Crippen LogP contribution < -0.4 is 5.32 Å². The van der Waals surface area contributed by atoms with Gasteiger partial charge in [0.05, 0.1) is 12.7 Å². The first-order valence-corrected chi connectivity index (χ1v) is 8.67. The van der Waals surface area contributed by atoms with Gasteiger partial charge in [-0.3, -0.25) is 4.79 Å². The van der Waals surface area contributed by atoms with Crippen LogP contribution in [-0.2, 0) is 27.4 Å². The lowest BCUT2D eigenvalue weighted by molar-refractivity contribution is -0.147. The zero-order valence-corrected chi connectivity index (χ0v) is 14.9. The Labute approximate surface area is 144 Å². The van der Waals surface area contributed by atoms with E-state index in [4.69, 9.17) is 9.47 Å². The van der Waals surface area contributed by atoms with Crippen molar-refractivity contribution in [3.8, 4) is 0 Å². The van der Waals surface area contributed by atoms with Crippen LogP contribution in [0.15, 0.2) is 24.3 Å². The number of ether oxygens (including phenoxy) is 2. The number of rotatable bonds is 7. The predicted octanol–water partition coefficient (Wildman–Crippen LogP) is 2.41. The first-order valence-electron chi connectivity index (χ1n) is 8.67. The maximum atomic E-state index is 12.4. The van der Waals surface area contributed by atoms with Crippen LogP contribution >= 0.6 is 0 Å². The molecule has 134 valence electrons. The van der Waals surface area contributed by atoms with E-state index in [2.05, 4.69) is 5.32 Å². The van der Waals surface area contributed by atoms with Gasteiger partial charge in [-0.05, 0) is 44.7 Å². The molecule has 2 N–H and O–H groups in total. The van der Waals surface area contributed by atoms with Crippen LogP contribution in [0.25, 0.3) is 0 Å². The summed E-state index contributed by atoms with van der Waals surface area (Å²) >= 11 is 0. The van der Waals surface area contributed by atoms with E-state index in [-0.39, 0.29) is 17.9 Å². The topological polar surface area (TPSA) is 67.8 Å². The van der Waals surface area contributed by atoms with E-state index in [1.165, 1.54) is 0 Å². The summed E-state index contributed by atoms with van der Waals surface area (Å²) in [6.07, 6.45) is 1.60. The number of aliphatic hydroxyl groups is 1. The van der Waals surface area contributed by atoms with E-state index in [9.17, 15) is 9.90 Å². The highest BCUT2D eigenvalue weighted by Gasteiger charge is 2.39. The quantitative estimate of drug-likeness (QED) is 0.803. The third kappa shape index (κ3) is 5.30. The lowest BCUT2D eigenvalue weighted by atomic mass is 9.82. The second kappa shape index (κ2) is 8.60. The van der Waals surface area contributed by atoms with Gasteiger partial charge in [0.25, 0.3) is 5.91 Å². The molecule has 1 atom stereocenters. The fourth-order valence-electron chi connectivity index (χ4n) is 2.90. The second-order valence-electron chi connectivity index (χ2n) is 6.90. The van der Waals surface area contributed by atoms with Gasteiger partial charge in [0.2, 0.25) is 0 Å². The third-order valence-corrected chi connectivity index (χ3v) is 4.50. The molecular formula is C19H29NO4. The van der Waals surface area contributed by atoms with Crippen molar-refractivity contribution in [3.05, 3.63) is 35.4 Å². The molecule has 1 saturated heterocycles. The average Bonchev–Trinajstić information content (AvgIpc) is 2.59. The van der Waals surface area contributed by atoms with E-state index in [1.54, 1.807) is 6.92 Å². The zero-order chi connectivity index (χ0) is 17.6. The molecule has 0 aliphatic carbocycles. The molecule has 2 rings (SSSR count). The van der Waals surface area contributed by atoms with Gasteiger partial charge in [-0.2, -0.15) is 0 Å². The summed E-state index contributed by atoms with van der Waals surface area (Å²) in [7, 11) is 0. The summed E-state index contributed by atoms with van der Waals surface area (Å²) in [4.78, 5) is 12.4. The first kappa shape index (κ1) is 18.9. The number of carbonyl (C=O) groups excluding carboxylic acids is 1. The van der Waals surface area contributed by atoms with Crippen LogP contribution in [0.4, 0.5) is 0 Å². The highest BCUT2D eigenvalue weighted by Crippen LogP contribution is 2.27. The highest BCUT2D eigenvalue weighted by atomic mass is 16.5. The Hall–Kier alpha value is -1.43. The van der Waals surface area contributed by atoms with Crippen LogP contribution in [0.3, 0.4) is 0 Å². The minimum absolute atomic E-state index is 0.0583. The third-order valence-electron chi connectivity index (χ3n) is 4.50. The van der Waals surface area contributed by atoms with Crippen LogP contribution in [0.2, 0.25) is 0 Å². The van der Waals surface area contributed by atoms with Crippen LogP contribution in [0.1, 0.15) is 44.7 Å². The van der Waals surface area contributed by atoms with Crippen molar-refractivity contribution in [2.24, 2.45) is 5.92 Å². The van der Waals surface area contributed by atoms with E-state index in [1.807, 2.05) is 38.1 Å². The summed E-state index contributed by atoms with van der Waals surface area (Å²) in [6, 6.07) is 7.94. The Morgan fingerprint density at radius 3 is 2.71 bits per heavy atom. The molecule has 0 radical (unpaired) electrons. The molecule has 5 nitrogen and oxygen atoms in total. The largest absolute Gasteiger partial charge is 0.381 e. The standard InChI is InChI=1S/C19H29NO4/c1-14(2)24-13-16-6-4-5-15(11-16)12-20-18(21)19(3,22)17-7-9-23-10-8-17/h4-6,11,14,17,22H,7-10,12-13H2,1-3H3,(H,20,21). The maximum absolute atomic E-state index is 12.4. The highest BCUT2D eigenvalue weighted by molar-refractivity contribution is 5.84. The van der Waals surface area contributed by atoms with Crippen LogP contribution in [0, 0.1) is 5.92 Å². The molecule has 1 aliphatic rings. The Bertz CT molecular complexity index is 536. The summed E-state index contributed by atoms with van der Waals surface area (Å²) in [5, 5.41) is 13.5. The maximum Gasteiger partial charge on any atom is 0.252 e. The Kier molecular flexibility index (Phi) is 6.78. The monoisotopic (exact) mass is 335 g/mol. The molecule has 1 aromatic rings. The second-order valence-corrected chi connectivity index (χ2v) is 6.90. The minimum atomic E-state index is -1.36. The zero-order valence-electron chi connectivity index (χ0n) is 14.9. The molecule has 1 fully saturated rings. The van der Waals surface area contributed by atoms with Gasteiger partial charge in [-0.1, -0.05) is 24.3 Å². The van der Waals surface area contributed by atoms with E-state index in [0.717, 1.165) is 11.1 Å². The molecule has 1 heterocycles. The van der Waals surface area contributed by atoms with Crippen molar-refractivity contribution < 1.29 is 19.4 Å². The molecule has 0 saturated carbocycles. The van der Waals surface area contributed by atoms with Gasteiger partial charge < -0.3 is 19.9 Å². The molecule has 0 aromatic heterocycles. The minimum Gasteiger partial charge on any atom is -0.381 e. The van der Waals surface area contributed by atoms with Gasteiger partial charge in [-0.25, -0.2) is 0 Å². The Balaban J connectivity index is 1.89. The van der Waals surface area contributed by atoms with Gasteiger partial charge in [0.1, 0.15) is 5.60 Å². The molecular weight excluding hydrogens is 306 g/mol. The number of hydrogen-bond acceptors (Lipinski definition) is 4. The lowest BCUT2D eigenvalue weighted by Crippen LogP contribution is -2.51. The molecule has 0 bridgehead atoms. The first-order chi connectivity index (χ1) is 11.4.